The molecule has 11 N–H and O–H groups in total. The number of carboxylic acids is 1. The molecule has 0 aliphatic rings. The number of amides is 3. The van der Waals surface area contributed by atoms with Gasteiger partial charge in [-0.25, -0.2) is 4.79 Å². The highest BCUT2D eigenvalue weighted by molar-refractivity contribution is 5.94. The lowest BCUT2D eigenvalue weighted by atomic mass is 9.96. The van der Waals surface area contributed by atoms with E-state index in [0.717, 1.165) is 16.5 Å². The van der Waals surface area contributed by atoms with Crippen molar-refractivity contribution in [3.05, 3.63) is 36.0 Å². The van der Waals surface area contributed by atoms with Gasteiger partial charge in [0.15, 0.2) is 0 Å². The van der Waals surface area contributed by atoms with Crippen molar-refractivity contribution < 1.29 is 24.3 Å². The molecule has 5 unspecified atom stereocenters. The fourth-order valence-electron chi connectivity index (χ4n) is 4.64. The maximum absolute atomic E-state index is 13.4. The van der Waals surface area contributed by atoms with Crippen LogP contribution in [-0.2, 0) is 25.6 Å². The van der Waals surface area contributed by atoms with Crippen molar-refractivity contribution in [2.75, 3.05) is 13.1 Å². The standard InChI is InChI=1S/C29H47N7O5/c1-3-18(2)25(28(39)35-24(29(40)41)13-7-9-15-31)36-27(38)23(12-6-8-14-30)34-26(37)21(32)16-19-17-33-22-11-5-4-10-20(19)22/h4-5,10-11,17-18,21,23-25,33H,3,6-9,12-16,30-32H2,1-2H3,(H,34,37)(H,35,39)(H,36,38)(H,40,41). The summed E-state index contributed by atoms with van der Waals surface area (Å²) in [6.45, 7) is 4.53. The van der Waals surface area contributed by atoms with Gasteiger partial charge < -0.3 is 43.2 Å². The van der Waals surface area contributed by atoms with Crippen LogP contribution in [0.3, 0.4) is 0 Å². The van der Waals surface area contributed by atoms with E-state index in [9.17, 15) is 24.3 Å². The zero-order valence-electron chi connectivity index (χ0n) is 24.2. The van der Waals surface area contributed by atoms with Gasteiger partial charge in [-0.2, -0.15) is 0 Å². The Hall–Kier alpha value is -3.48. The largest absolute Gasteiger partial charge is 0.480 e. The van der Waals surface area contributed by atoms with Gasteiger partial charge in [0.05, 0.1) is 6.04 Å². The van der Waals surface area contributed by atoms with Crippen LogP contribution in [0.15, 0.2) is 30.5 Å². The zero-order chi connectivity index (χ0) is 30.4. The number of nitrogens with one attached hydrogen (secondary N) is 4. The molecule has 2 aromatic rings. The highest BCUT2D eigenvalue weighted by Crippen LogP contribution is 2.19. The van der Waals surface area contributed by atoms with Crippen LogP contribution >= 0.6 is 0 Å². The minimum Gasteiger partial charge on any atom is -0.480 e. The quantitative estimate of drug-likeness (QED) is 0.112. The number of hydrogen-bond donors (Lipinski definition) is 8. The number of aromatic nitrogens is 1. The summed E-state index contributed by atoms with van der Waals surface area (Å²) >= 11 is 0. The molecule has 1 heterocycles. The first-order valence-electron chi connectivity index (χ1n) is 14.5. The molecule has 5 atom stereocenters. The second-order valence-corrected chi connectivity index (χ2v) is 10.6. The Labute approximate surface area is 241 Å². The van der Waals surface area contributed by atoms with Crippen LogP contribution in [0.1, 0.15) is 64.4 Å². The summed E-state index contributed by atoms with van der Waals surface area (Å²) < 4.78 is 0. The third-order valence-electron chi connectivity index (χ3n) is 7.39. The summed E-state index contributed by atoms with van der Waals surface area (Å²) in [5.74, 6) is -3.05. The van der Waals surface area contributed by atoms with Gasteiger partial charge in [0.1, 0.15) is 18.1 Å². The van der Waals surface area contributed by atoms with Gasteiger partial charge in [-0.15, -0.1) is 0 Å². The van der Waals surface area contributed by atoms with Crippen LogP contribution in [0.2, 0.25) is 0 Å². The van der Waals surface area contributed by atoms with Crippen molar-refractivity contribution in [3.63, 3.8) is 0 Å². The number of fused-ring (bicyclic) bond motifs is 1. The number of rotatable bonds is 19. The first kappa shape index (κ1) is 33.7. The lowest BCUT2D eigenvalue weighted by Gasteiger charge is -2.28. The number of unbranched alkanes of at least 4 members (excludes halogenated alkanes) is 2. The fourth-order valence-corrected chi connectivity index (χ4v) is 4.64. The van der Waals surface area contributed by atoms with E-state index < -0.39 is 47.9 Å². The Kier molecular flexibility index (Phi) is 14.3. The third-order valence-corrected chi connectivity index (χ3v) is 7.39. The molecular weight excluding hydrogens is 526 g/mol. The van der Waals surface area contributed by atoms with E-state index in [2.05, 4.69) is 20.9 Å². The van der Waals surface area contributed by atoms with Crippen molar-refractivity contribution >= 4 is 34.6 Å². The molecule has 1 aromatic carbocycles. The van der Waals surface area contributed by atoms with Gasteiger partial charge in [-0.05, 0) is 75.6 Å². The Morgan fingerprint density at radius 1 is 0.878 bits per heavy atom. The first-order valence-corrected chi connectivity index (χ1v) is 14.5. The number of benzene rings is 1. The minimum absolute atomic E-state index is 0.228. The minimum atomic E-state index is -1.15. The van der Waals surface area contributed by atoms with Crippen molar-refractivity contribution in [3.8, 4) is 0 Å². The number of aromatic amines is 1. The van der Waals surface area contributed by atoms with Crippen LogP contribution in [0.25, 0.3) is 10.9 Å². The lowest BCUT2D eigenvalue weighted by molar-refractivity contribution is -0.143. The van der Waals surface area contributed by atoms with E-state index in [1.807, 2.05) is 37.4 Å². The highest BCUT2D eigenvalue weighted by Gasteiger charge is 2.32. The van der Waals surface area contributed by atoms with E-state index in [1.165, 1.54) is 0 Å². The number of carbonyl (C=O) groups is 4. The second-order valence-electron chi connectivity index (χ2n) is 10.6. The summed E-state index contributed by atoms with van der Waals surface area (Å²) in [5, 5.41) is 18.7. The molecule has 12 nitrogen and oxygen atoms in total. The maximum atomic E-state index is 13.4. The van der Waals surface area contributed by atoms with Crippen molar-refractivity contribution in [1.82, 2.24) is 20.9 Å². The molecule has 228 valence electrons. The molecule has 1 aromatic heterocycles. The van der Waals surface area contributed by atoms with Crippen LogP contribution in [-0.4, -0.2) is 71.0 Å². The van der Waals surface area contributed by atoms with E-state index >= 15 is 0 Å². The van der Waals surface area contributed by atoms with Crippen molar-refractivity contribution in [2.24, 2.45) is 23.1 Å². The number of carbonyl (C=O) groups excluding carboxylic acids is 3. The van der Waals surface area contributed by atoms with Crippen LogP contribution in [0, 0.1) is 5.92 Å². The Balaban J connectivity index is 2.13. The molecule has 41 heavy (non-hydrogen) atoms. The smallest absolute Gasteiger partial charge is 0.326 e. The predicted molar refractivity (Wildman–Crippen MR) is 159 cm³/mol. The molecule has 0 aliphatic carbocycles. The molecular formula is C29H47N7O5. The molecule has 3 amide bonds. The summed E-state index contributed by atoms with van der Waals surface area (Å²) in [6.07, 6.45) is 5.59. The zero-order valence-corrected chi connectivity index (χ0v) is 24.2. The lowest BCUT2D eigenvalue weighted by Crippen LogP contribution is -2.58. The SMILES string of the molecule is CCC(C)C(NC(=O)C(CCCCN)NC(=O)C(N)Cc1c[nH]c2ccccc12)C(=O)NC(CCCCN)C(=O)O. The number of nitrogens with two attached hydrogens (primary N) is 3. The number of para-hydroxylation sites is 1. The number of carboxylic acid groups (broad SMARTS) is 1. The maximum Gasteiger partial charge on any atom is 0.326 e. The molecule has 2 rings (SSSR count). The van der Waals surface area contributed by atoms with Crippen molar-refractivity contribution in [1.29, 1.82) is 0 Å². The predicted octanol–water partition coefficient (Wildman–Crippen LogP) is 0.881. The third kappa shape index (κ3) is 10.5. The second kappa shape index (κ2) is 17.4. The van der Waals surface area contributed by atoms with Crippen LogP contribution in [0.4, 0.5) is 0 Å². The molecule has 0 saturated heterocycles. The summed E-state index contributed by atoms with van der Waals surface area (Å²) in [5.41, 5.74) is 19.2. The van der Waals surface area contributed by atoms with Crippen molar-refractivity contribution in [2.45, 2.75) is 89.4 Å². The van der Waals surface area contributed by atoms with Crippen LogP contribution in [0.5, 0.6) is 0 Å². The summed E-state index contributed by atoms with van der Waals surface area (Å²) in [6, 6.07) is 3.77. The number of hydrogen-bond acceptors (Lipinski definition) is 7. The fraction of sp³-hybridized carbons (Fsp3) is 0.586. The van der Waals surface area contributed by atoms with E-state index in [-0.39, 0.29) is 18.8 Å². The molecule has 12 heteroatoms. The van der Waals surface area contributed by atoms with Crippen LogP contribution < -0.4 is 33.2 Å². The average molecular weight is 574 g/mol. The molecule has 0 fully saturated rings. The first-order chi connectivity index (χ1) is 19.6. The molecule has 0 radical (unpaired) electrons. The van der Waals surface area contributed by atoms with E-state index in [4.69, 9.17) is 17.2 Å². The Morgan fingerprint density at radius 3 is 2.10 bits per heavy atom. The van der Waals surface area contributed by atoms with E-state index in [0.29, 0.717) is 51.6 Å². The average Bonchev–Trinajstić information content (AvgIpc) is 3.36. The van der Waals surface area contributed by atoms with Gasteiger partial charge >= 0.3 is 5.97 Å². The normalized spacial score (nSPS) is 15.0. The highest BCUT2D eigenvalue weighted by atomic mass is 16.4. The molecule has 0 bridgehead atoms. The van der Waals surface area contributed by atoms with Gasteiger partial charge in [0, 0.05) is 17.1 Å². The molecule has 0 spiro atoms. The van der Waals surface area contributed by atoms with Gasteiger partial charge in [0.2, 0.25) is 17.7 Å². The molecule has 0 saturated carbocycles. The Morgan fingerprint density at radius 2 is 1.49 bits per heavy atom. The summed E-state index contributed by atoms with van der Waals surface area (Å²) in [7, 11) is 0. The van der Waals surface area contributed by atoms with Gasteiger partial charge in [-0.3, -0.25) is 14.4 Å². The molecule has 0 aliphatic heterocycles. The Bertz CT molecular complexity index is 1140. The number of H-pyrrole nitrogens is 1. The summed E-state index contributed by atoms with van der Waals surface area (Å²) in [4.78, 5) is 54.6. The number of aliphatic carboxylic acids is 1. The van der Waals surface area contributed by atoms with Gasteiger partial charge in [0.25, 0.3) is 0 Å². The monoisotopic (exact) mass is 573 g/mol. The van der Waals surface area contributed by atoms with E-state index in [1.54, 1.807) is 6.92 Å². The topological polar surface area (TPSA) is 218 Å². The van der Waals surface area contributed by atoms with Gasteiger partial charge in [-0.1, -0.05) is 38.5 Å².